The number of fused-ring (bicyclic) bond motifs is 1. The predicted octanol–water partition coefficient (Wildman–Crippen LogP) is 3.43. The number of sulfonamides is 1. The molecule has 2 unspecified atom stereocenters. The number of thiophene rings is 1. The number of amides is 2. The second-order valence-corrected chi connectivity index (χ2v) is 11.1. The van der Waals surface area contributed by atoms with Crippen LogP contribution in [0.5, 0.6) is 0 Å². The first-order valence-electron chi connectivity index (χ1n) is 10.2. The predicted molar refractivity (Wildman–Crippen MR) is 127 cm³/mol. The standard InChI is InChI=1S/C22H22ClN3O5S2/c1-13-11-26(12-14(2)31-13)33(29,30)16-9-7-15(8-10-16)21(27)24-25-22(28)20-19(23)17-5-3-4-6-18(17)32-20/h3-10,13-14H,11-12H2,1-2H3,(H,24,27)(H,25,28). The van der Waals surface area contributed by atoms with Crippen LogP contribution < -0.4 is 10.9 Å². The van der Waals surface area contributed by atoms with Gasteiger partial charge >= 0.3 is 0 Å². The summed E-state index contributed by atoms with van der Waals surface area (Å²) in [6.07, 6.45) is -0.404. The van der Waals surface area contributed by atoms with E-state index in [1.54, 1.807) is 0 Å². The number of ether oxygens (including phenoxy) is 1. The molecule has 2 heterocycles. The van der Waals surface area contributed by atoms with Crippen LogP contribution in [0.15, 0.2) is 53.4 Å². The van der Waals surface area contributed by atoms with Crippen LogP contribution in [0.1, 0.15) is 33.9 Å². The summed E-state index contributed by atoms with van der Waals surface area (Å²) in [5.74, 6) is -1.12. The summed E-state index contributed by atoms with van der Waals surface area (Å²) in [6.45, 7) is 4.18. The number of rotatable bonds is 4. The Morgan fingerprint density at radius 2 is 1.61 bits per heavy atom. The van der Waals surface area contributed by atoms with Gasteiger partial charge in [0.25, 0.3) is 11.8 Å². The van der Waals surface area contributed by atoms with Crippen molar-refractivity contribution in [2.75, 3.05) is 13.1 Å². The van der Waals surface area contributed by atoms with Crippen LogP contribution in [0.3, 0.4) is 0 Å². The lowest BCUT2D eigenvalue weighted by Gasteiger charge is -2.34. The molecule has 0 saturated carbocycles. The molecule has 2 N–H and O–H groups in total. The molecule has 2 atom stereocenters. The van der Waals surface area contributed by atoms with Gasteiger partial charge in [-0.05, 0) is 44.2 Å². The topological polar surface area (TPSA) is 105 Å². The van der Waals surface area contributed by atoms with Crippen LogP contribution in [-0.2, 0) is 14.8 Å². The average molecular weight is 508 g/mol. The van der Waals surface area contributed by atoms with Crippen LogP contribution >= 0.6 is 22.9 Å². The maximum Gasteiger partial charge on any atom is 0.281 e. The highest BCUT2D eigenvalue weighted by Crippen LogP contribution is 2.34. The van der Waals surface area contributed by atoms with E-state index in [2.05, 4.69) is 10.9 Å². The Bertz CT molecular complexity index is 1300. The van der Waals surface area contributed by atoms with Gasteiger partial charge in [0.1, 0.15) is 4.88 Å². The third kappa shape index (κ3) is 4.90. The van der Waals surface area contributed by atoms with E-state index in [-0.39, 0.29) is 40.6 Å². The van der Waals surface area contributed by atoms with Gasteiger partial charge in [0.2, 0.25) is 10.0 Å². The molecule has 33 heavy (non-hydrogen) atoms. The highest BCUT2D eigenvalue weighted by Gasteiger charge is 2.32. The molecule has 1 fully saturated rings. The minimum Gasteiger partial charge on any atom is -0.373 e. The van der Waals surface area contributed by atoms with Crippen molar-refractivity contribution in [3.63, 3.8) is 0 Å². The third-order valence-corrected chi connectivity index (χ3v) is 8.69. The summed E-state index contributed by atoms with van der Waals surface area (Å²) < 4.78 is 33.7. The fourth-order valence-corrected chi connectivity index (χ4v) is 6.66. The highest BCUT2D eigenvalue weighted by atomic mass is 35.5. The summed E-state index contributed by atoms with van der Waals surface area (Å²) >= 11 is 7.52. The maximum atomic E-state index is 12.9. The number of morpholine rings is 1. The molecule has 0 radical (unpaired) electrons. The minimum atomic E-state index is -3.71. The van der Waals surface area contributed by atoms with E-state index in [0.717, 1.165) is 10.1 Å². The van der Waals surface area contributed by atoms with Crippen molar-refractivity contribution in [2.24, 2.45) is 0 Å². The van der Waals surface area contributed by atoms with E-state index in [4.69, 9.17) is 16.3 Å². The van der Waals surface area contributed by atoms with Crippen molar-refractivity contribution in [1.82, 2.24) is 15.2 Å². The van der Waals surface area contributed by atoms with Gasteiger partial charge < -0.3 is 4.74 Å². The van der Waals surface area contributed by atoms with Gasteiger partial charge in [0.15, 0.2) is 0 Å². The zero-order valence-corrected chi connectivity index (χ0v) is 20.3. The van der Waals surface area contributed by atoms with Crippen molar-refractivity contribution in [1.29, 1.82) is 0 Å². The quantitative estimate of drug-likeness (QED) is 0.526. The molecule has 174 valence electrons. The van der Waals surface area contributed by atoms with Crippen molar-refractivity contribution >= 4 is 54.9 Å². The smallest absolute Gasteiger partial charge is 0.281 e. The molecule has 2 amide bonds. The van der Waals surface area contributed by atoms with Crippen LogP contribution in [0.2, 0.25) is 5.02 Å². The lowest BCUT2D eigenvalue weighted by molar-refractivity contribution is -0.0440. The van der Waals surface area contributed by atoms with Gasteiger partial charge in [0, 0.05) is 28.7 Å². The molecule has 1 saturated heterocycles. The van der Waals surface area contributed by atoms with Crippen LogP contribution in [-0.4, -0.2) is 49.8 Å². The molecule has 4 rings (SSSR count). The third-order valence-electron chi connectivity index (χ3n) is 5.17. The van der Waals surface area contributed by atoms with Crippen molar-refractivity contribution in [3.05, 3.63) is 64.0 Å². The largest absolute Gasteiger partial charge is 0.373 e. The van der Waals surface area contributed by atoms with Crippen LogP contribution in [0.25, 0.3) is 10.1 Å². The van der Waals surface area contributed by atoms with Gasteiger partial charge in [-0.3, -0.25) is 20.4 Å². The number of carbonyl (C=O) groups is 2. The monoisotopic (exact) mass is 507 g/mol. The summed E-state index contributed by atoms with van der Waals surface area (Å²) in [5.41, 5.74) is 4.88. The van der Waals surface area contributed by atoms with E-state index in [0.29, 0.717) is 5.02 Å². The van der Waals surface area contributed by atoms with Crippen LogP contribution in [0.4, 0.5) is 0 Å². The first-order chi connectivity index (χ1) is 15.7. The Morgan fingerprint density at radius 3 is 2.24 bits per heavy atom. The number of hydrogen-bond acceptors (Lipinski definition) is 6. The normalized spacial score (nSPS) is 19.4. The van der Waals surface area contributed by atoms with Gasteiger partial charge in [-0.1, -0.05) is 29.8 Å². The molecule has 0 bridgehead atoms. The number of carbonyl (C=O) groups excluding carboxylic acids is 2. The van der Waals surface area contributed by atoms with Crippen molar-refractivity contribution in [2.45, 2.75) is 31.0 Å². The zero-order valence-electron chi connectivity index (χ0n) is 17.9. The Hall–Kier alpha value is -2.50. The Labute approximate surface area is 200 Å². The van der Waals surface area contributed by atoms with E-state index in [1.807, 2.05) is 38.1 Å². The molecule has 1 aliphatic rings. The minimum absolute atomic E-state index is 0.0847. The van der Waals surface area contributed by atoms with Crippen molar-refractivity contribution < 1.29 is 22.7 Å². The number of nitrogens with zero attached hydrogens (tertiary/aromatic N) is 1. The molecular formula is C22H22ClN3O5S2. The molecule has 0 aliphatic carbocycles. The van der Waals surface area contributed by atoms with Gasteiger partial charge in [-0.15, -0.1) is 11.3 Å². The van der Waals surface area contributed by atoms with Gasteiger partial charge in [0.05, 0.1) is 22.1 Å². The molecule has 8 nitrogen and oxygen atoms in total. The first-order valence-corrected chi connectivity index (χ1v) is 12.8. The van der Waals surface area contributed by atoms with E-state index in [9.17, 15) is 18.0 Å². The average Bonchev–Trinajstić information content (AvgIpc) is 3.13. The molecule has 11 heteroatoms. The number of hydrazine groups is 1. The zero-order chi connectivity index (χ0) is 23.8. The Morgan fingerprint density at radius 1 is 1.00 bits per heavy atom. The van der Waals surface area contributed by atoms with E-state index < -0.39 is 21.8 Å². The fraction of sp³-hybridized carbons (Fsp3) is 0.273. The molecule has 3 aromatic rings. The lowest BCUT2D eigenvalue weighted by atomic mass is 10.2. The number of nitrogens with one attached hydrogen (secondary N) is 2. The number of benzene rings is 2. The first kappa shape index (κ1) is 23.7. The Kier molecular flexibility index (Phi) is 6.73. The maximum absolute atomic E-state index is 12.9. The number of halogens is 1. The second kappa shape index (κ2) is 9.40. The van der Waals surface area contributed by atoms with E-state index >= 15 is 0 Å². The highest BCUT2D eigenvalue weighted by molar-refractivity contribution is 7.89. The molecule has 1 aromatic heterocycles. The van der Waals surface area contributed by atoms with Gasteiger partial charge in [-0.2, -0.15) is 4.31 Å². The summed E-state index contributed by atoms with van der Waals surface area (Å²) in [4.78, 5) is 25.3. The number of hydrogen-bond donors (Lipinski definition) is 2. The van der Waals surface area contributed by atoms with Crippen LogP contribution in [0, 0.1) is 0 Å². The summed E-state index contributed by atoms with van der Waals surface area (Å²) in [6, 6.07) is 12.9. The van der Waals surface area contributed by atoms with E-state index in [1.165, 1.54) is 39.9 Å². The fourth-order valence-electron chi connectivity index (χ4n) is 3.66. The summed E-state index contributed by atoms with van der Waals surface area (Å²) in [7, 11) is -3.71. The van der Waals surface area contributed by atoms with Crippen molar-refractivity contribution in [3.8, 4) is 0 Å². The second-order valence-electron chi connectivity index (χ2n) is 7.75. The summed E-state index contributed by atoms with van der Waals surface area (Å²) in [5, 5.41) is 1.09. The lowest BCUT2D eigenvalue weighted by Crippen LogP contribution is -2.48. The SMILES string of the molecule is CC1CN(S(=O)(=O)c2ccc(C(=O)NNC(=O)c3sc4ccccc4c3Cl)cc2)CC(C)O1. The molecule has 0 spiro atoms. The molecule has 1 aliphatic heterocycles. The molecular weight excluding hydrogens is 486 g/mol. The van der Waals surface area contributed by atoms with Gasteiger partial charge in [-0.25, -0.2) is 8.42 Å². The Balaban J connectivity index is 1.42. The molecule has 2 aromatic carbocycles.